The first kappa shape index (κ1) is 44.6. The number of piperazine rings is 2. The number of esters is 2. The van der Waals surface area contributed by atoms with Crippen LogP contribution in [-0.2, 0) is 35.3 Å². The van der Waals surface area contributed by atoms with E-state index in [1.807, 2.05) is 36.4 Å². The number of unbranched alkanes of at least 4 members (excludes halogenated alkanes) is 1. The summed E-state index contributed by atoms with van der Waals surface area (Å²) in [4.78, 5) is 64.8. The lowest BCUT2D eigenvalue weighted by molar-refractivity contribution is -0.139. The van der Waals surface area contributed by atoms with Crippen molar-refractivity contribution in [3.63, 3.8) is 0 Å². The first-order valence-corrected chi connectivity index (χ1v) is 20.7. The third-order valence-electron chi connectivity index (χ3n) is 10.6. The zero-order valence-corrected chi connectivity index (χ0v) is 35.0. The Balaban J connectivity index is 1.58. The topological polar surface area (TPSA) is 165 Å². The lowest BCUT2D eigenvalue weighted by atomic mass is 9.99. The average molecular weight is 814 g/mol. The first-order valence-electron chi connectivity index (χ1n) is 20.7. The van der Waals surface area contributed by atoms with Crippen LogP contribution in [0.1, 0.15) is 77.3 Å². The number of benzene rings is 2. The lowest BCUT2D eigenvalue weighted by Crippen LogP contribution is -2.46. The summed E-state index contributed by atoms with van der Waals surface area (Å²) >= 11 is 0. The third-order valence-corrected chi connectivity index (χ3v) is 10.6. The van der Waals surface area contributed by atoms with Crippen LogP contribution >= 0.6 is 0 Å². The molecule has 59 heavy (non-hydrogen) atoms. The number of hydrogen-bond donors (Lipinski definition) is 2. The van der Waals surface area contributed by atoms with E-state index in [2.05, 4.69) is 52.5 Å². The van der Waals surface area contributed by atoms with Crippen molar-refractivity contribution in [2.24, 2.45) is 16.2 Å². The molecule has 2 aliphatic heterocycles. The van der Waals surface area contributed by atoms with E-state index in [1.54, 1.807) is 23.6 Å². The van der Waals surface area contributed by atoms with Crippen LogP contribution in [0.15, 0.2) is 71.0 Å². The molecule has 0 saturated carbocycles. The molecule has 2 amide bonds. The molecule has 2 aliphatic rings. The second kappa shape index (κ2) is 22.0. The SMILES string of the molecule is C=C(C)C(=O)OCC/C(=N\OC(=O)N1CCNCC1)c1ccc2c(c1)c1cc(/C(CCOC(=O)C(=C)C)=N/OC(=O)N3CCNCC3)ccc1n2CC(CC)CCCC. The molecule has 0 spiro atoms. The molecule has 3 aromatic rings. The van der Waals surface area contributed by atoms with E-state index < -0.39 is 24.1 Å². The molecule has 1 unspecified atom stereocenters. The number of hydrogen-bond acceptors (Lipinski definition) is 12. The molecular formula is C44H59N7O8. The van der Waals surface area contributed by atoms with Crippen LogP contribution in [-0.4, -0.2) is 115 Å². The van der Waals surface area contributed by atoms with Gasteiger partial charge in [0.15, 0.2) is 0 Å². The van der Waals surface area contributed by atoms with Crippen LogP contribution in [0.2, 0.25) is 0 Å². The second-order valence-electron chi connectivity index (χ2n) is 15.1. The Morgan fingerprint density at radius 3 is 1.54 bits per heavy atom. The quantitative estimate of drug-likeness (QED) is 0.0475. The van der Waals surface area contributed by atoms with E-state index in [0.717, 1.165) is 54.0 Å². The summed E-state index contributed by atoms with van der Waals surface area (Å²) < 4.78 is 13.2. The first-order chi connectivity index (χ1) is 28.5. The molecule has 5 rings (SSSR count). The van der Waals surface area contributed by atoms with Gasteiger partial charge in [0, 0.05) is 116 Å². The number of fused-ring (bicyclic) bond motifs is 3. The summed E-state index contributed by atoms with van der Waals surface area (Å²) in [5, 5.41) is 17.0. The summed E-state index contributed by atoms with van der Waals surface area (Å²) in [6.07, 6.45) is 3.61. The van der Waals surface area contributed by atoms with E-state index in [0.29, 0.717) is 80.8 Å². The second-order valence-corrected chi connectivity index (χ2v) is 15.1. The van der Waals surface area contributed by atoms with E-state index >= 15 is 0 Å². The molecule has 1 aromatic heterocycles. The predicted molar refractivity (Wildman–Crippen MR) is 228 cm³/mol. The molecule has 0 aliphatic carbocycles. The van der Waals surface area contributed by atoms with Crippen molar-refractivity contribution in [2.45, 2.75) is 72.8 Å². The molecule has 15 heteroatoms. The van der Waals surface area contributed by atoms with Crippen LogP contribution < -0.4 is 10.6 Å². The molecule has 0 radical (unpaired) electrons. The third kappa shape index (κ3) is 12.2. The van der Waals surface area contributed by atoms with Gasteiger partial charge in [-0.2, -0.15) is 0 Å². The van der Waals surface area contributed by atoms with Gasteiger partial charge in [-0.25, -0.2) is 19.2 Å². The minimum Gasteiger partial charge on any atom is -0.462 e. The molecule has 15 nitrogen and oxygen atoms in total. The highest BCUT2D eigenvalue weighted by Crippen LogP contribution is 2.33. The zero-order valence-electron chi connectivity index (χ0n) is 35.0. The maximum atomic E-state index is 13.0. The Kier molecular flexibility index (Phi) is 16.6. The van der Waals surface area contributed by atoms with Crippen molar-refractivity contribution >= 4 is 57.4 Å². The molecule has 1 atom stereocenters. The number of amides is 2. The fourth-order valence-electron chi connectivity index (χ4n) is 7.05. The molecule has 3 heterocycles. The number of oxime groups is 2. The van der Waals surface area contributed by atoms with Gasteiger partial charge in [-0.15, -0.1) is 0 Å². The van der Waals surface area contributed by atoms with Gasteiger partial charge < -0.3 is 34.5 Å². The van der Waals surface area contributed by atoms with Crippen molar-refractivity contribution in [2.75, 3.05) is 65.6 Å². The number of nitrogens with zero attached hydrogens (tertiary/aromatic N) is 5. The van der Waals surface area contributed by atoms with Gasteiger partial charge in [-0.3, -0.25) is 9.68 Å². The summed E-state index contributed by atoms with van der Waals surface area (Å²) in [7, 11) is 0. The van der Waals surface area contributed by atoms with E-state index in [-0.39, 0.29) is 37.2 Å². The summed E-state index contributed by atoms with van der Waals surface area (Å²) in [5.74, 6) is -0.596. The monoisotopic (exact) mass is 813 g/mol. The minimum atomic E-state index is -0.554. The van der Waals surface area contributed by atoms with Gasteiger partial charge in [0.2, 0.25) is 0 Å². The number of carbonyl (C=O) groups excluding carboxylic acids is 4. The normalized spacial score (nSPS) is 15.5. The maximum absolute atomic E-state index is 13.0. The Bertz CT molecular complexity index is 1920. The lowest BCUT2D eigenvalue weighted by Gasteiger charge is -2.25. The number of rotatable bonds is 18. The highest BCUT2D eigenvalue weighted by atomic mass is 16.7. The van der Waals surface area contributed by atoms with Gasteiger partial charge in [0.25, 0.3) is 0 Å². The molecule has 2 fully saturated rings. The number of aromatic nitrogens is 1. The number of carbonyl (C=O) groups is 4. The molecular weight excluding hydrogens is 755 g/mol. The van der Waals surface area contributed by atoms with Crippen molar-refractivity contribution in [3.05, 3.63) is 71.8 Å². The molecule has 318 valence electrons. The van der Waals surface area contributed by atoms with Crippen LogP contribution in [0, 0.1) is 5.92 Å². The fraction of sp³-hybridized carbons (Fsp3) is 0.500. The van der Waals surface area contributed by atoms with Crippen molar-refractivity contribution < 1.29 is 38.3 Å². The highest BCUT2D eigenvalue weighted by Gasteiger charge is 2.22. The molecule has 2 aromatic carbocycles. The predicted octanol–water partition coefficient (Wildman–Crippen LogP) is 6.52. The van der Waals surface area contributed by atoms with Crippen LogP contribution in [0.4, 0.5) is 9.59 Å². The average Bonchev–Trinajstić information content (AvgIpc) is 3.56. The minimum absolute atomic E-state index is 0.00228. The van der Waals surface area contributed by atoms with Crippen molar-refractivity contribution in [1.29, 1.82) is 0 Å². The van der Waals surface area contributed by atoms with Gasteiger partial charge in [-0.1, -0.05) is 68.7 Å². The Morgan fingerprint density at radius 1 is 0.712 bits per heavy atom. The molecule has 0 bridgehead atoms. The van der Waals surface area contributed by atoms with E-state index in [4.69, 9.17) is 19.1 Å². The largest absolute Gasteiger partial charge is 0.462 e. The standard InChI is InChI=1S/C44H59N7O8/c1-7-9-10-32(8-2)29-51-39-13-11-33(37(15-25-56-41(52)30(3)4)47-58-43(54)49-21-17-45-18-22-49)27-35(39)36-28-34(12-14-40(36)51)38(16-26-57-42(53)31(5)6)48-59-44(55)50-23-19-46-20-24-50/h11-14,27-28,32,45-46H,3,5,7-10,15-26,29H2,1-2,4,6H3/b47-37+,48-38+. The smallest absolute Gasteiger partial charge is 0.436 e. The molecule has 2 saturated heterocycles. The highest BCUT2D eigenvalue weighted by molar-refractivity contribution is 6.14. The van der Waals surface area contributed by atoms with Crippen molar-refractivity contribution in [3.8, 4) is 0 Å². The van der Waals surface area contributed by atoms with Crippen LogP contribution in [0.25, 0.3) is 21.8 Å². The number of ether oxygens (including phenoxy) is 2. The fourth-order valence-corrected chi connectivity index (χ4v) is 7.05. The van der Waals surface area contributed by atoms with Gasteiger partial charge >= 0.3 is 24.1 Å². The van der Waals surface area contributed by atoms with E-state index in [9.17, 15) is 19.2 Å². The zero-order chi connectivity index (χ0) is 42.3. The summed E-state index contributed by atoms with van der Waals surface area (Å²) in [5.41, 5.74) is 4.78. The Morgan fingerprint density at radius 2 is 1.15 bits per heavy atom. The molecule has 2 N–H and O–H groups in total. The maximum Gasteiger partial charge on any atom is 0.436 e. The summed E-state index contributed by atoms with van der Waals surface area (Å²) in [6.45, 7) is 20.4. The Hall–Kier alpha value is -5.54. The number of nitrogens with one attached hydrogen (secondary N) is 2. The van der Waals surface area contributed by atoms with Crippen LogP contribution in [0.3, 0.4) is 0 Å². The van der Waals surface area contributed by atoms with Gasteiger partial charge in [0.05, 0.1) is 24.6 Å². The van der Waals surface area contributed by atoms with Crippen molar-refractivity contribution in [1.82, 2.24) is 25.0 Å². The Labute approximate surface area is 346 Å². The van der Waals surface area contributed by atoms with Gasteiger partial charge in [0.1, 0.15) is 0 Å². The van der Waals surface area contributed by atoms with Crippen LogP contribution in [0.5, 0.6) is 0 Å². The van der Waals surface area contributed by atoms with Gasteiger partial charge in [-0.05, 0) is 50.5 Å². The summed E-state index contributed by atoms with van der Waals surface area (Å²) in [6, 6.07) is 12.0. The van der Waals surface area contributed by atoms with E-state index in [1.165, 1.54) is 0 Å².